The molecule has 4 rings (SSSR count). The summed E-state index contributed by atoms with van der Waals surface area (Å²) in [6, 6.07) is 6.43. The van der Waals surface area contributed by atoms with Gasteiger partial charge in [0, 0.05) is 37.2 Å². The van der Waals surface area contributed by atoms with Crippen molar-refractivity contribution in [3.63, 3.8) is 0 Å². The Labute approximate surface area is 149 Å². The van der Waals surface area contributed by atoms with Gasteiger partial charge in [0.25, 0.3) is 0 Å². The van der Waals surface area contributed by atoms with Crippen LogP contribution in [0, 0.1) is 11.7 Å². The van der Waals surface area contributed by atoms with Gasteiger partial charge in [-0.05, 0) is 29.8 Å². The van der Waals surface area contributed by atoms with Crippen LogP contribution in [-0.2, 0) is 18.3 Å². The van der Waals surface area contributed by atoms with Gasteiger partial charge >= 0.3 is 0 Å². The van der Waals surface area contributed by atoms with Crippen LogP contribution in [-0.4, -0.2) is 20.3 Å². The zero-order chi connectivity index (χ0) is 18.4. The first-order valence-corrected chi connectivity index (χ1v) is 8.45. The molecule has 3 aromatic heterocycles. The van der Waals surface area contributed by atoms with Crippen LogP contribution in [0.4, 0.5) is 4.39 Å². The molecule has 0 unspecified atom stereocenters. The van der Waals surface area contributed by atoms with E-state index in [9.17, 15) is 9.18 Å². The Morgan fingerprint density at radius 3 is 2.88 bits per heavy atom. The zero-order valence-corrected chi connectivity index (χ0v) is 14.8. The van der Waals surface area contributed by atoms with Crippen molar-refractivity contribution in [2.75, 3.05) is 0 Å². The van der Waals surface area contributed by atoms with Crippen LogP contribution < -0.4 is 0 Å². The van der Waals surface area contributed by atoms with Gasteiger partial charge in [0.15, 0.2) is 11.2 Å². The SMILES string of the molecule is CC(C)C(=O)Cc1cnc2nc(-c3cn(C)c4cc(F)ccc34)oc2c1. The molecular weight excluding hydrogens is 333 g/mol. The molecule has 3 heterocycles. The van der Waals surface area contributed by atoms with Gasteiger partial charge in [-0.25, -0.2) is 9.37 Å². The van der Waals surface area contributed by atoms with Crippen LogP contribution in [0.5, 0.6) is 0 Å². The molecule has 0 radical (unpaired) electrons. The van der Waals surface area contributed by atoms with Crippen molar-refractivity contribution in [1.29, 1.82) is 0 Å². The van der Waals surface area contributed by atoms with Crippen LogP contribution in [0.2, 0.25) is 0 Å². The molecule has 1 aromatic carbocycles. The van der Waals surface area contributed by atoms with Crippen LogP contribution in [0.1, 0.15) is 19.4 Å². The molecule has 0 atom stereocenters. The molecule has 6 heteroatoms. The van der Waals surface area contributed by atoms with Gasteiger partial charge in [-0.1, -0.05) is 13.8 Å². The van der Waals surface area contributed by atoms with E-state index >= 15 is 0 Å². The predicted octanol–water partition coefficient (Wildman–Crippen LogP) is 4.29. The van der Waals surface area contributed by atoms with Gasteiger partial charge in [0.05, 0.1) is 11.1 Å². The summed E-state index contributed by atoms with van der Waals surface area (Å²) in [6.07, 6.45) is 3.84. The van der Waals surface area contributed by atoms with Crippen molar-refractivity contribution in [2.24, 2.45) is 13.0 Å². The van der Waals surface area contributed by atoms with Gasteiger partial charge in [0.2, 0.25) is 5.89 Å². The smallest absolute Gasteiger partial charge is 0.231 e. The van der Waals surface area contributed by atoms with Crippen LogP contribution in [0.25, 0.3) is 33.6 Å². The maximum absolute atomic E-state index is 13.5. The minimum absolute atomic E-state index is 0.0212. The molecule has 0 N–H and O–H groups in total. The summed E-state index contributed by atoms with van der Waals surface area (Å²) in [5.74, 6) is 0.273. The lowest BCUT2D eigenvalue weighted by molar-refractivity contribution is -0.121. The highest BCUT2D eigenvalue weighted by molar-refractivity contribution is 5.95. The van der Waals surface area contributed by atoms with Crippen molar-refractivity contribution < 1.29 is 13.6 Å². The Morgan fingerprint density at radius 1 is 1.31 bits per heavy atom. The van der Waals surface area contributed by atoms with Crippen LogP contribution in [0.15, 0.2) is 41.1 Å². The summed E-state index contributed by atoms with van der Waals surface area (Å²) >= 11 is 0. The highest BCUT2D eigenvalue weighted by Crippen LogP contribution is 2.32. The lowest BCUT2D eigenvalue weighted by Gasteiger charge is -2.02. The van der Waals surface area contributed by atoms with E-state index in [1.54, 1.807) is 12.3 Å². The highest BCUT2D eigenvalue weighted by atomic mass is 19.1. The van der Waals surface area contributed by atoms with Gasteiger partial charge in [-0.2, -0.15) is 4.98 Å². The lowest BCUT2D eigenvalue weighted by Crippen LogP contribution is -2.10. The first kappa shape index (κ1) is 16.4. The number of halogens is 1. The van der Waals surface area contributed by atoms with E-state index in [-0.39, 0.29) is 17.5 Å². The molecule has 132 valence electrons. The maximum atomic E-state index is 13.5. The molecular formula is C20H18FN3O2. The Balaban J connectivity index is 1.77. The van der Waals surface area contributed by atoms with Gasteiger partial charge in [0.1, 0.15) is 11.6 Å². The molecule has 0 spiro atoms. The number of nitrogens with zero attached hydrogens (tertiary/aromatic N) is 3. The highest BCUT2D eigenvalue weighted by Gasteiger charge is 2.17. The Kier molecular flexibility index (Phi) is 3.83. The number of benzene rings is 1. The van der Waals surface area contributed by atoms with E-state index in [4.69, 9.17) is 4.42 Å². The number of ketones is 1. The fourth-order valence-corrected chi connectivity index (χ4v) is 3.00. The fraction of sp³-hybridized carbons (Fsp3) is 0.250. The number of aryl methyl sites for hydroxylation is 1. The summed E-state index contributed by atoms with van der Waals surface area (Å²) in [7, 11) is 1.85. The molecule has 0 saturated heterocycles. The number of aromatic nitrogens is 3. The van der Waals surface area contributed by atoms with Crippen LogP contribution >= 0.6 is 0 Å². The Morgan fingerprint density at radius 2 is 2.12 bits per heavy atom. The second-order valence-corrected chi connectivity index (χ2v) is 6.80. The summed E-state index contributed by atoms with van der Waals surface area (Å²) in [5, 5.41) is 0.857. The van der Waals surface area contributed by atoms with E-state index in [0.29, 0.717) is 23.5 Å². The first-order chi connectivity index (χ1) is 12.4. The van der Waals surface area contributed by atoms with E-state index in [1.165, 1.54) is 12.1 Å². The fourth-order valence-electron chi connectivity index (χ4n) is 3.00. The molecule has 0 aliphatic heterocycles. The molecule has 0 aliphatic rings. The number of fused-ring (bicyclic) bond motifs is 2. The number of pyridine rings is 1. The average molecular weight is 351 g/mol. The Bertz CT molecular complexity index is 1140. The van der Waals surface area contributed by atoms with E-state index in [1.807, 2.05) is 37.7 Å². The number of oxazole rings is 1. The number of carbonyl (C=O) groups is 1. The standard InChI is InChI=1S/C20H18FN3O2/c1-11(2)17(25)6-12-7-18-19(22-9-12)23-20(26-18)15-10-24(3)16-8-13(21)4-5-14(15)16/h4-5,7-11H,6H2,1-3H3. The lowest BCUT2D eigenvalue weighted by atomic mass is 10.0. The minimum Gasteiger partial charge on any atom is -0.434 e. The number of carbonyl (C=O) groups excluding carboxylic acids is 1. The summed E-state index contributed by atoms with van der Waals surface area (Å²) < 4.78 is 21.2. The average Bonchev–Trinajstić information content (AvgIpc) is 3.15. The van der Waals surface area contributed by atoms with Gasteiger partial charge in [-0.3, -0.25) is 4.79 Å². The molecule has 5 nitrogen and oxygen atoms in total. The summed E-state index contributed by atoms with van der Waals surface area (Å²) in [6.45, 7) is 3.76. The van der Waals surface area contributed by atoms with Crippen molar-refractivity contribution in [1.82, 2.24) is 14.5 Å². The monoisotopic (exact) mass is 351 g/mol. The third-order valence-electron chi connectivity index (χ3n) is 4.51. The van der Waals surface area contributed by atoms with Crippen molar-refractivity contribution in [3.8, 4) is 11.5 Å². The molecule has 0 amide bonds. The second kappa shape index (κ2) is 6.05. The number of Topliss-reactive ketones (excluding diaryl/α,β-unsaturated/α-hetero) is 1. The Hall–Kier alpha value is -3.02. The third kappa shape index (κ3) is 2.77. The zero-order valence-electron chi connectivity index (χ0n) is 14.8. The van der Waals surface area contributed by atoms with E-state index in [0.717, 1.165) is 22.0 Å². The van der Waals surface area contributed by atoms with Crippen LogP contribution in [0.3, 0.4) is 0 Å². The molecule has 0 saturated carbocycles. The third-order valence-corrected chi connectivity index (χ3v) is 4.51. The topological polar surface area (TPSA) is 60.9 Å². The van der Waals surface area contributed by atoms with Gasteiger partial charge in [-0.15, -0.1) is 0 Å². The minimum atomic E-state index is -0.288. The largest absolute Gasteiger partial charge is 0.434 e. The molecule has 0 aliphatic carbocycles. The molecule has 0 fully saturated rings. The van der Waals surface area contributed by atoms with Crippen molar-refractivity contribution in [2.45, 2.75) is 20.3 Å². The first-order valence-electron chi connectivity index (χ1n) is 8.45. The summed E-state index contributed by atoms with van der Waals surface area (Å²) in [5.41, 5.74) is 3.37. The molecule has 4 aromatic rings. The molecule has 0 bridgehead atoms. The van der Waals surface area contributed by atoms with E-state index < -0.39 is 0 Å². The van der Waals surface area contributed by atoms with Gasteiger partial charge < -0.3 is 8.98 Å². The van der Waals surface area contributed by atoms with Crippen molar-refractivity contribution >= 4 is 27.9 Å². The van der Waals surface area contributed by atoms with E-state index in [2.05, 4.69) is 9.97 Å². The number of hydrogen-bond donors (Lipinski definition) is 0. The number of rotatable bonds is 4. The number of hydrogen-bond acceptors (Lipinski definition) is 4. The second-order valence-electron chi connectivity index (χ2n) is 6.80. The maximum Gasteiger partial charge on any atom is 0.231 e. The summed E-state index contributed by atoms with van der Waals surface area (Å²) in [4.78, 5) is 20.7. The normalized spacial score (nSPS) is 11.7. The van der Waals surface area contributed by atoms with Crippen molar-refractivity contribution in [3.05, 3.63) is 48.0 Å². The molecule has 26 heavy (non-hydrogen) atoms. The predicted molar refractivity (Wildman–Crippen MR) is 97.2 cm³/mol. The quantitative estimate of drug-likeness (QED) is 0.550.